The molecule has 8 heteroatoms. The van der Waals surface area contributed by atoms with Gasteiger partial charge in [-0.3, -0.25) is 14.9 Å². The fourth-order valence-corrected chi connectivity index (χ4v) is 2.44. The number of halogens is 2. The van der Waals surface area contributed by atoms with Crippen LogP contribution in [-0.4, -0.2) is 28.9 Å². The third-order valence-electron chi connectivity index (χ3n) is 3.45. The van der Waals surface area contributed by atoms with E-state index >= 15 is 0 Å². The first-order chi connectivity index (χ1) is 11.8. The Balaban J connectivity index is 2.08. The number of nitro groups is 1. The average Bonchev–Trinajstić information content (AvgIpc) is 2.55. The Morgan fingerprint density at radius 3 is 2.72 bits per heavy atom. The van der Waals surface area contributed by atoms with E-state index in [9.17, 15) is 19.3 Å². The fraction of sp³-hybridized carbons (Fsp3) is 0.235. The van der Waals surface area contributed by atoms with Crippen molar-refractivity contribution >= 4 is 23.2 Å². The van der Waals surface area contributed by atoms with E-state index in [1.807, 2.05) is 0 Å². The number of likely N-dealkylation sites (N-methyl/N-ethyl adjacent to an activating group) is 1. The van der Waals surface area contributed by atoms with Crippen molar-refractivity contribution < 1.29 is 18.8 Å². The number of nitro benzene ring substituents is 1. The SMILES string of the molecule is C[C@@H](Oc1ccc(Cl)cc1[N+](=O)[O-])C(=O)N(C)Cc1cccc(F)c1. The molecule has 0 heterocycles. The van der Waals surface area contributed by atoms with E-state index in [-0.39, 0.29) is 28.8 Å². The number of hydrogen-bond acceptors (Lipinski definition) is 4. The minimum Gasteiger partial charge on any atom is -0.474 e. The molecule has 0 fully saturated rings. The molecule has 1 atom stereocenters. The molecule has 1 amide bonds. The number of benzene rings is 2. The molecule has 6 nitrogen and oxygen atoms in total. The molecule has 0 saturated carbocycles. The molecule has 0 spiro atoms. The van der Waals surface area contributed by atoms with E-state index in [1.165, 1.54) is 36.1 Å². The summed E-state index contributed by atoms with van der Waals surface area (Å²) in [5.41, 5.74) is 0.306. The summed E-state index contributed by atoms with van der Waals surface area (Å²) in [5, 5.41) is 11.3. The highest BCUT2D eigenvalue weighted by atomic mass is 35.5. The molecule has 0 aliphatic heterocycles. The van der Waals surface area contributed by atoms with Crippen LogP contribution >= 0.6 is 11.6 Å². The summed E-state index contributed by atoms with van der Waals surface area (Å²) in [7, 11) is 1.55. The van der Waals surface area contributed by atoms with Gasteiger partial charge in [-0.25, -0.2) is 4.39 Å². The van der Waals surface area contributed by atoms with Gasteiger partial charge in [0.15, 0.2) is 11.9 Å². The van der Waals surface area contributed by atoms with Gasteiger partial charge in [-0.2, -0.15) is 0 Å². The Morgan fingerprint density at radius 2 is 2.08 bits per heavy atom. The summed E-state index contributed by atoms with van der Waals surface area (Å²) in [6, 6.07) is 9.84. The summed E-state index contributed by atoms with van der Waals surface area (Å²) in [6.07, 6.45) is -0.960. The van der Waals surface area contributed by atoms with E-state index in [1.54, 1.807) is 19.2 Å². The first-order valence-corrected chi connectivity index (χ1v) is 7.75. The molecule has 0 radical (unpaired) electrons. The Kier molecular flexibility index (Phi) is 5.93. The molecular weight excluding hydrogens is 351 g/mol. The molecule has 0 N–H and O–H groups in total. The van der Waals surface area contributed by atoms with Crippen molar-refractivity contribution in [3.05, 3.63) is 69.0 Å². The van der Waals surface area contributed by atoms with Crippen LogP contribution in [-0.2, 0) is 11.3 Å². The summed E-state index contributed by atoms with van der Waals surface area (Å²) in [4.78, 5) is 24.2. The average molecular weight is 367 g/mol. The maximum absolute atomic E-state index is 13.2. The van der Waals surface area contributed by atoms with Crippen molar-refractivity contribution in [1.29, 1.82) is 0 Å². The smallest absolute Gasteiger partial charge is 0.312 e. The standard InChI is InChI=1S/C17H16ClFN2O4/c1-11(25-16-7-6-13(18)9-15(16)21(23)24)17(22)20(2)10-12-4-3-5-14(19)8-12/h3-9,11H,10H2,1-2H3/t11-/m1/s1. The third-order valence-corrected chi connectivity index (χ3v) is 3.69. The van der Waals surface area contributed by atoms with E-state index in [2.05, 4.69) is 0 Å². The number of hydrogen-bond donors (Lipinski definition) is 0. The zero-order valence-electron chi connectivity index (χ0n) is 13.6. The van der Waals surface area contributed by atoms with Gasteiger partial charge in [0.25, 0.3) is 5.91 Å². The first kappa shape index (κ1) is 18.7. The van der Waals surface area contributed by atoms with Gasteiger partial charge < -0.3 is 9.64 Å². The lowest BCUT2D eigenvalue weighted by Gasteiger charge is -2.22. The number of carbonyl (C=O) groups excluding carboxylic acids is 1. The van der Waals surface area contributed by atoms with Crippen LogP contribution in [0.1, 0.15) is 12.5 Å². The number of carbonyl (C=O) groups is 1. The van der Waals surface area contributed by atoms with Gasteiger partial charge in [0.2, 0.25) is 0 Å². The topological polar surface area (TPSA) is 72.7 Å². The van der Waals surface area contributed by atoms with Crippen LogP contribution in [0.15, 0.2) is 42.5 Å². The van der Waals surface area contributed by atoms with Crippen LogP contribution in [0.4, 0.5) is 10.1 Å². The lowest BCUT2D eigenvalue weighted by Crippen LogP contribution is -2.37. The van der Waals surface area contributed by atoms with Gasteiger partial charge in [0.05, 0.1) is 4.92 Å². The van der Waals surface area contributed by atoms with E-state index in [4.69, 9.17) is 16.3 Å². The van der Waals surface area contributed by atoms with Crippen molar-refractivity contribution in [3.63, 3.8) is 0 Å². The Morgan fingerprint density at radius 1 is 1.36 bits per heavy atom. The second-order valence-electron chi connectivity index (χ2n) is 5.45. The third kappa shape index (κ3) is 4.90. The number of nitrogens with zero attached hydrogens (tertiary/aromatic N) is 2. The lowest BCUT2D eigenvalue weighted by molar-refractivity contribution is -0.386. The van der Waals surface area contributed by atoms with Crippen molar-refractivity contribution in [2.24, 2.45) is 0 Å². The van der Waals surface area contributed by atoms with Gasteiger partial charge in [-0.05, 0) is 36.8 Å². The minimum absolute atomic E-state index is 0.0468. The largest absolute Gasteiger partial charge is 0.474 e. The first-order valence-electron chi connectivity index (χ1n) is 7.38. The number of ether oxygens (including phenoxy) is 1. The van der Waals surface area contributed by atoms with Gasteiger partial charge in [-0.1, -0.05) is 23.7 Å². The molecule has 0 bridgehead atoms. The number of amides is 1. The monoisotopic (exact) mass is 366 g/mol. The predicted octanol–water partition coefficient (Wildman–Crippen LogP) is 3.81. The van der Waals surface area contributed by atoms with E-state index in [0.29, 0.717) is 5.56 Å². The highest BCUT2D eigenvalue weighted by Crippen LogP contribution is 2.30. The van der Waals surface area contributed by atoms with Crippen molar-refractivity contribution in [3.8, 4) is 5.75 Å². The highest BCUT2D eigenvalue weighted by molar-refractivity contribution is 6.30. The van der Waals surface area contributed by atoms with Crippen LogP contribution in [0.3, 0.4) is 0 Å². The summed E-state index contributed by atoms with van der Waals surface area (Å²) >= 11 is 5.75. The molecule has 0 aromatic heterocycles. The van der Waals surface area contributed by atoms with Gasteiger partial charge in [0, 0.05) is 24.7 Å². The normalized spacial score (nSPS) is 11.7. The minimum atomic E-state index is -0.960. The van der Waals surface area contributed by atoms with Crippen molar-refractivity contribution in [2.75, 3.05) is 7.05 Å². The maximum atomic E-state index is 13.2. The quantitative estimate of drug-likeness (QED) is 0.575. The Hall–Kier alpha value is -2.67. The van der Waals surface area contributed by atoms with Crippen LogP contribution in [0, 0.1) is 15.9 Å². The zero-order chi connectivity index (χ0) is 18.6. The Labute approximate surface area is 148 Å². The van der Waals surface area contributed by atoms with Crippen LogP contribution in [0.25, 0.3) is 0 Å². The molecule has 0 unspecified atom stereocenters. The molecule has 2 rings (SSSR count). The van der Waals surface area contributed by atoms with Gasteiger partial charge in [-0.15, -0.1) is 0 Å². The molecule has 0 aliphatic rings. The molecule has 2 aromatic carbocycles. The second kappa shape index (κ2) is 7.94. The van der Waals surface area contributed by atoms with Crippen LogP contribution in [0.5, 0.6) is 5.75 Å². The molecule has 132 valence electrons. The molecular formula is C17H16ClFN2O4. The summed E-state index contributed by atoms with van der Waals surface area (Å²) in [5.74, 6) is -0.831. The summed E-state index contributed by atoms with van der Waals surface area (Å²) in [6.45, 7) is 1.68. The molecule has 25 heavy (non-hydrogen) atoms. The van der Waals surface area contributed by atoms with E-state index < -0.39 is 16.9 Å². The zero-order valence-corrected chi connectivity index (χ0v) is 14.4. The van der Waals surface area contributed by atoms with Gasteiger partial charge >= 0.3 is 5.69 Å². The lowest BCUT2D eigenvalue weighted by atomic mass is 10.2. The highest BCUT2D eigenvalue weighted by Gasteiger charge is 2.24. The summed E-state index contributed by atoms with van der Waals surface area (Å²) < 4.78 is 18.7. The maximum Gasteiger partial charge on any atom is 0.312 e. The van der Waals surface area contributed by atoms with Crippen LogP contribution in [0.2, 0.25) is 5.02 Å². The Bertz CT molecular complexity index is 800. The van der Waals surface area contributed by atoms with E-state index in [0.717, 1.165) is 6.07 Å². The van der Waals surface area contributed by atoms with Gasteiger partial charge in [0.1, 0.15) is 5.82 Å². The van der Waals surface area contributed by atoms with Crippen molar-refractivity contribution in [2.45, 2.75) is 19.6 Å². The second-order valence-corrected chi connectivity index (χ2v) is 5.89. The van der Waals surface area contributed by atoms with Crippen LogP contribution < -0.4 is 4.74 Å². The predicted molar refractivity (Wildman–Crippen MR) is 91.1 cm³/mol. The molecule has 2 aromatic rings. The van der Waals surface area contributed by atoms with Crippen molar-refractivity contribution in [1.82, 2.24) is 4.90 Å². The fourth-order valence-electron chi connectivity index (χ4n) is 2.27. The molecule has 0 saturated heterocycles. The number of rotatable bonds is 6. The molecule has 0 aliphatic carbocycles.